The highest BCUT2D eigenvalue weighted by atomic mass is 15.3. The molecule has 13 heavy (non-hydrogen) atoms. The van der Waals surface area contributed by atoms with Crippen molar-refractivity contribution in [2.75, 3.05) is 13.1 Å². The first kappa shape index (κ1) is 11.0. The van der Waals surface area contributed by atoms with Gasteiger partial charge in [-0.1, -0.05) is 27.2 Å². The highest BCUT2D eigenvalue weighted by Crippen LogP contribution is 2.28. The zero-order chi connectivity index (χ0) is 10.1. The largest absolute Gasteiger partial charge is 0.323 e. The molecule has 0 aromatic rings. The Bertz CT molecular complexity index is 159. The monoisotopic (exact) mass is 184 g/mol. The van der Waals surface area contributed by atoms with E-state index in [1.54, 1.807) is 0 Å². The van der Waals surface area contributed by atoms with Gasteiger partial charge in [-0.3, -0.25) is 4.90 Å². The molecular formula is C11H24N2. The fourth-order valence-electron chi connectivity index (χ4n) is 1.99. The van der Waals surface area contributed by atoms with Crippen LogP contribution in [0.1, 0.15) is 40.5 Å². The SMILES string of the molecule is CCCC(C)N1CC(N)(C(C)C)C1. The van der Waals surface area contributed by atoms with Crippen LogP contribution in [0, 0.1) is 5.92 Å². The summed E-state index contributed by atoms with van der Waals surface area (Å²) in [5.41, 5.74) is 6.33. The molecule has 1 aliphatic heterocycles. The van der Waals surface area contributed by atoms with E-state index in [0.717, 1.165) is 19.1 Å². The van der Waals surface area contributed by atoms with Crippen molar-refractivity contribution >= 4 is 0 Å². The molecule has 1 rings (SSSR count). The van der Waals surface area contributed by atoms with Crippen molar-refractivity contribution in [3.63, 3.8) is 0 Å². The van der Waals surface area contributed by atoms with Crippen LogP contribution < -0.4 is 5.73 Å². The van der Waals surface area contributed by atoms with Gasteiger partial charge in [0.25, 0.3) is 0 Å². The highest BCUT2D eigenvalue weighted by molar-refractivity contribution is 5.03. The Labute approximate surface area is 82.5 Å². The Hall–Kier alpha value is -0.0800. The summed E-state index contributed by atoms with van der Waals surface area (Å²) in [6.07, 6.45) is 2.57. The third-order valence-corrected chi connectivity index (χ3v) is 3.47. The average Bonchev–Trinajstić information content (AvgIpc) is 1.98. The molecule has 2 N–H and O–H groups in total. The highest BCUT2D eigenvalue weighted by Gasteiger charge is 2.43. The second kappa shape index (κ2) is 3.97. The van der Waals surface area contributed by atoms with Gasteiger partial charge in [-0.25, -0.2) is 0 Å². The van der Waals surface area contributed by atoms with E-state index in [0.29, 0.717) is 5.92 Å². The minimum atomic E-state index is 0.0992. The van der Waals surface area contributed by atoms with Gasteiger partial charge in [0, 0.05) is 24.7 Å². The van der Waals surface area contributed by atoms with Crippen LogP contribution in [0.5, 0.6) is 0 Å². The van der Waals surface area contributed by atoms with E-state index in [2.05, 4.69) is 32.6 Å². The van der Waals surface area contributed by atoms with Crippen molar-refractivity contribution in [1.82, 2.24) is 4.90 Å². The number of nitrogens with zero attached hydrogens (tertiary/aromatic N) is 1. The summed E-state index contributed by atoms with van der Waals surface area (Å²) in [5.74, 6) is 0.609. The molecule has 1 aliphatic rings. The molecule has 2 heteroatoms. The molecule has 78 valence electrons. The Kier molecular flexibility index (Phi) is 3.36. The van der Waals surface area contributed by atoms with E-state index in [1.807, 2.05) is 0 Å². The molecule has 0 bridgehead atoms. The quantitative estimate of drug-likeness (QED) is 0.722. The Morgan fingerprint density at radius 2 is 1.85 bits per heavy atom. The van der Waals surface area contributed by atoms with Crippen LogP contribution in [0.25, 0.3) is 0 Å². The van der Waals surface area contributed by atoms with Gasteiger partial charge in [0.15, 0.2) is 0 Å². The van der Waals surface area contributed by atoms with E-state index in [1.165, 1.54) is 12.8 Å². The molecular weight excluding hydrogens is 160 g/mol. The van der Waals surface area contributed by atoms with E-state index < -0.39 is 0 Å². The maximum absolute atomic E-state index is 6.23. The van der Waals surface area contributed by atoms with E-state index >= 15 is 0 Å². The zero-order valence-electron chi connectivity index (χ0n) is 9.51. The number of rotatable bonds is 4. The molecule has 0 aromatic carbocycles. The minimum absolute atomic E-state index is 0.0992. The topological polar surface area (TPSA) is 29.3 Å². The first-order chi connectivity index (χ1) is 5.99. The van der Waals surface area contributed by atoms with Gasteiger partial charge in [0.05, 0.1) is 0 Å². The van der Waals surface area contributed by atoms with E-state index in [4.69, 9.17) is 5.73 Å². The molecule has 0 aromatic heterocycles. The van der Waals surface area contributed by atoms with Gasteiger partial charge in [0.1, 0.15) is 0 Å². The van der Waals surface area contributed by atoms with Gasteiger partial charge in [-0.2, -0.15) is 0 Å². The molecule has 1 unspecified atom stereocenters. The third kappa shape index (κ3) is 2.23. The van der Waals surface area contributed by atoms with Crippen LogP contribution in [-0.2, 0) is 0 Å². The Morgan fingerprint density at radius 3 is 2.23 bits per heavy atom. The molecule has 0 aliphatic carbocycles. The molecule has 0 saturated carbocycles. The van der Waals surface area contributed by atoms with E-state index in [9.17, 15) is 0 Å². The molecule has 1 saturated heterocycles. The summed E-state index contributed by atoms with van der Waals surface area (Å²) in [7, 11) is 0. The zero-order valence-corrected chi connectivity index (χ0v) is 9.51. The van der Waals surface area contributed by atoms with Crippen molar-refractivity contribution in [3.8, 4) is 0 Å². The van der Waals surface area contributed by atoms with Crippen molar-refractivity contribution in [3.05, 3.63) is 0 Å². The van der Waals surface area contributed by atoms with E-state index in [-0.39, 0.29) is 5.54 Å². The lowest BCUT2D eigenvalue weighted by Crippen LogP contribution is -2.71. The maximum atomic E-state index is 6.23. The van der Waals surface area contributed by atoms with Crippen LogP contribution >= 0.6 is 0 Å². The molecule has 0 spiro atoms. The summed E-state index contributed by atoms with van der Waals surface area (Å²) in [4.78, 5) is 2.50. The summed E-state index contributed by atoms with van der Waals surface area (Å²) in [6, 6.07) is 0.723. The fraction of sp³-hybridized carbons (Fsp3) is 1.00. The molecule has 1 fully saturated rings. The van der Waals surface area contributed by atoms with Crippen molar-refractivity contribution in [2.45, 2.75) is 52.1 Å². The van der Waals surface area contributed by atoms with Gasteiger partial charge < -0.3 is 5.73 Å². The first-order valence-electron chi connectivity index (χ1n) is 5.52. The lowest BCUT2D eigenvalue weighted by Gasteiger charge is -2.53. The van der Waals surface area contributed by atoms with Gasteiger partial charge in [0.2, 0.25) is 0 Å². The van der Waals surface area contributed by atoms with Gasteiger partial charge >= 0.3 is 0 Å². The van der Waals surface area contributed by atoms with Crippen LogP contribution in [0.3, 0.4) is 0 Å². The number of likely N-dealkylation sites (tertiary alicyclic amines) is 1. The normalized spacial score (nSPS) is 24.5. The van der Waals surface area contributed by atoms with Crippen molar-refractivity contribution in [2.24, 2.45) is 11.7 Å². The fourth-order valence-corrected chi connectivity index (χ4v) is 1.99. The van der Waals surface area contributed by atoms with Gasteiger partial charge in [-0.15, -0.1) is 0 Å². The van der Waals surface area contributed by atoms with Crippen molar-refractivity contribution < 1.29 is 0 Å². The second-order valence-corrected chi connectivity index (χ2v) is 4.93. The molecule has 1 atom stereocenters. The lowest BCUT2D eigenvalue weighted by atomic mass is 9.79. The Balaban J connectivity index is 2.32. The predicted molar refractivity (Wildman–Crippen MR) is 57.7 cm³/mol. The second-order valence-electron chi connectivity index (χ2n) is 4.93. The number of hydrogen-bond acceptors (Lipinski definition) is 2. The van der Waals surface area contributed by atoms with Gasteiger partial charge in [-0.05, 0) is 19.3 Å². The summed E-state index contributed by atoms with van der Waals surface area (Å²) in [5, 5.41) is 0. The van der Waals surface area contributed by atoms with Crippen LogP contribution in [-0.4, -0.2) is 29.6 Å². The minimum Gasteiger partial charge on any atom is -0.323 e. The number of hydrogen-bond donors (Lipinski definition) is 1. The standard InChI is InChI=1S/C11H24N2/c1-5-6-10(4)13-7-11(12,8-13)9(2)3/h9-10H,5-8,12H2,1-4H3. The average molecular weight is 184 g/mol. The molecule has 1 heterocycles. The molecule has 2 nitrogen and oxygen atoms in total. The first-order valence-corrected chi connectivity index (χ1v) is 5.52. The van der Waals surface area contributed by atoms with Crippen LogP contribution in [0.2, 0.25) is 0 Å². The van der Waals surface area contributed by atoms with Crippen LogP contribution in [0.15, 0.2) is 0 Å². The smallest absolute Gasteiger partial charge is 0.0435 e. The predicted octanol–water partition coefficient (Wildman–Crippen LogP) is 1.84. The molecule has 0 amide bonds. The molecule has 0 radical (unpaired) electrons. The van der Waals surface area contributed by atoms with Crippen molar-refractivity contribution in [1.29, 1.82) is 0 Å². The third-order valence-electron chi connectivity index (χ3n) is 3.47. The van der Waals surface area contributed by atoms with Crippen LogP contribution in [0.4, 0.5) is 0 Å². The maximum Gasteiger partial charge on any atom is 0.0435 e. The summed E-state index contributed by atoms with van der Waals surface area (Å²) in [6.45, 7) is 11.2. The Morgan fingerprint density at radius 1 is 1.31 bits per heavy atom. The number of nitrogens with two attached hydrogens (primary N) is 1. The lowest BCUT2D eigenvalue weighted by molar-refractivity contribution is 0.00547. The summed E-state index contributed by atoms with van der Waals surface area (Å²) < 4.78 is 0. The summed E-state index contributed by atoms with van der Waals surface area (Å²) >= 11 is 0.